The Labute approximate surface area is 220 Å². The Morgan fingerprint density at radius 2 is 1.92 bits per heavy atom. The maximum Gasteiger partial charge on any atom is 0.417 e. The SMILES string of the molecule is COc1c([C@H]2[C@H](C(=O)Nc3ccnc(C(=O)N4CC5(CCN5)C4)c3)O[C@@](C)(C(F)(F)F)[C@H]2C)ccc(F)c1F. The molecule has 1 aromatic heterocycles. The van der Waals surface area contributed by atoms with E-state index >= 15 is 0 Å². The molecule has 3 aliphatic rings. The van der Waals surface area contributed by atoms with E-state index in [1.807, 2.05) is 0 Å². The summed E-state index contributed by atoms with van der Waals surface area (Å²) in [5.74, 6) is -7.29. The molecule has 210 valence electrons. The molecule has 39 heavy (non-hydrogen) atoms. The highest BCUT2D eigenvalue weighted by Gasteiger charge is 2.66. The van der Waals surface area contributed by atoms with E-state index in [9.17, 15) is 31.5 Å². The molecule has 13 heteroatoms. The first-order valence-corrected chi connectivity index (χ1v) is 12.4. The van der Waals surface area contributed by atoms with Crippen LogP contribution in [0.15, 0.2) is 30.5 Å². The molecule has 2 amide bonds. The van der Waals surface area contributed by atoms with Gasteiger partial charge in [0.25, 0.3) is 11.8 Å². The predicted molar refractivity (Wildman–Crippen MR) is 128 cm³/mol. The number of nitrogens with one attached hydrogen (secondary N) is 2. The van der Waals surface area contributed by atoms with Crippen LogP contribution in [0.2, 0.25) is 0 Å². The zero-order valence-electron chi connectivity index (χ0n) is 21.4. The van der Waals surface area contributed by atoms with Crippen LogP contribution in [0.25, 0.3) is 0 Å². The van der Waals surface area contributed by atoms with Crippen LogP contribution in [0, 0.1) is 17.6 Å². The van der Waals surface area contributed by atoms with Crippen molar-refractivity contribution in [1.29, 1.82) is 0 Å². The summed E-state index contributed by atoms with van der Waals surface area (Å²) in [6.45, 7) is 4.00. The van der Waals surface area contributed by atoms with Crippen LogP contribution in [0.1, 0.15) is 42.2 Å². The van der Waals surface area contributed by atoms with Crippen molar-refractivity contribution in [3.05, 3.63) is 53.4 Å². The number of ether oxygens (including phenoxy) is 2. The highest BCUT2D eigenvalue weighted by Crippen LogP contribution is 2.55. The highest BCUT2D eigenvalue weighted by molar-refractivity contribution is 5.98. The van der Waals surface area contributed by atoms with Gasteiger partial charge in [-0.25, -0.2) is 4.39 Å². The van der Waals surface area contributed by atoms with E-state index in [1.54, 1.807) is 4.90 Å². The van der Waals surface area contributed by atoms with Gasteiger partial charge in [0.1, 0.15) is 11.8 Å². The number of benzene rings is 1. The van der Waals surface area contributed by atoms with Gasteiger partial charge in [0.2, 0.25) is 5.82 Å². The quantitative estimate of drug-likeness (QED) is 0.549. The van der Waals surface area contributed by atoms with E-state index in [1.165, 1.54) is 25.3 Å². The molecule has 0 unspecified atom stereocenters. The number of carbonyl (C=O) groups excluding carboxylic acids is 2. The van der Waals surface area contributed by atoms with Crippen molar-refractivity contribution in [3.8, 4) is 5.75 Å². The lowest BCUT2D eigenvalue weighted by Gasteiger charge is -2.56. The molecule has 8 nitrogen and oxygen atoms in total. The zero-order chi connectivity index (χ0) is 28.3. The molecule has 2 N–H and O–H groups in total. The third-order valence-electron chi connectivity index (χ3n) is 8.19. The number of likely N-dealkylation sites (tertiary alicyclic amines) is 1. The second-order valence-electron chi connectivity index (χ2n) is 10.5. The van der Waals surface area contributed by atoms with Crippen LogP contribution < -0.4 is 15.4 Å². The Morgan fingerprint density at radius 1 is 1.23 bits per heavy atom. The lowest BCUT2D eigenvalue weighted by atomic mass is 9.77. The van der Waals surface area contributed by atoms with Crippen molar-refractivity contribution < 1.29 is 41.0 Å². The van der Waals surface area contributed by atoms with Crippen molar-refractivity contribution in [2.24, 2.45) is 5.92 Å². The second kappa shape index (κ2) is 9.40. The Balaban J connectivity index is 1.42. The number of alkyl halides is 3. The molecular weight excluding hydrogens is 527 g/mol. The summed E-state index contributed by atoms with van der Waals surface area (Å²) in [6, 6.07) is 4.56. The Kier molecular flexibility index (Phi) is 6.57. The van der Waals surface area contributed by atoms with Gasteiger partial charge >= 0.3 is 6.18 Å². The standard InChI is InChI=1S/C26H27F5N4O4/c1-13-18(15-4-5-16(27)19(28)20(15)38-3)21(39-24(13,2)26(29,30)31)22(36)34-14-6-8-32-17(10-14)23(37)35-11-25(12-35)7-9-33-25/h4-6,8,10,13,18,21,33H,7,9,11-12H2,1-3H3,(H,32,34,36)/t13-,18-,21+,24+/m0/s1. The summed E-state index contributed by atoms with van der Waals surface area (Å²) in [5, 5.41) is 5.80. The number of carbonyl (C=O) groups is 2. The first-order valence-electron chi connectivity index (χ1n) is 12.4. The number of rotatable bonds is 5. The molecular formula is C26H27F5N4O4. The van der Waals surface area contributed by atoms with Crippen LogP contribution in [0.3, 0.4) is 0 Å². The minimum Gasteiger partial charge on any atom is -0.493 e. The van der Waals surface area contributed by atoms with Gasteiger partial charge in [-0.05, 0) is 38.1 Å². The molecule has 5 rings (SSSR count). The van der Waals surface area contributed by atoms with Crippen molar-refractivity contribution in [2.75, 3.05) is 32.1 Å². The number of amides is 2. The van der Waals surface area contributed by atoms with Crippen LogP contribution in [-0.2, 0) is 9.53 Å². The summed E-state index contributed by atoms with van der Waals surface area (Å²) in [6.07, 6.45) is -4.36. The zero-order valence-corrected chi connectivity index (χ0v) is 21.4. The van der Waals surface area contributed by atoms with Gasteiger partial charge < -0.3 is 25.0 Å². The van der Waals surface area contributed by atoms with Gasteiger partial charge in [-0.3, -0.25) is 14.6 Å². The number of anilines is 1. The average molecular weight is 555 g/mol. The van der Waals surface area contributed by atoms with Gasteiger partial charge in [-0.2, -0.15) is 17.6 Å². The third kappa shape index (κ3) is 4.41. The first kappa shape index (κ1) is 27.3. The van der Waals surface area contributed by atoms with Crippen molar-refractivity contribution >= 4 is 17.5 Å². The van der Waals surface area contributed by atoms with E-state index in [4.69, 9.17) is 9.47 Å². The van der Waals surface area contributed by atoms with Gasteiger partial charge in [0.05, 0.1) is 12.6 Å². The Hall–Kier alpha value is -3.32. The number of hydrogen-bond acceptors (Lipinski definition) is 6. The molecule has 0 bridgehead atoms. The summed E-state index contributed by atoms with van der Waals surface area (Å²) < 4.78 is 81.2. The van der Waals surface area contributed by atoms with Crippen LogP contribution in [-0.4, -0.2) is 71.9 Å². The minimum absolute atomic E-state index is 0.0426. The van der Waals surface area contributed by atoms with E-state index < -0.39 is 53.0 Å². The molecule has 0 radical (unpaired) electrons. The van der Waals surface area contributed by atoms with Crippen LogP contribution in [0.4, 0.5) is 27.6 Å². The van der Waals surface area contributed by atoms with Gasteiger partial charge in [0, 0.05) is 42.4 Å². The summed E-state index contributed by atoms with van der Waals surface area (Å²) in [4.78, 5) is 31.9. The minimum atomic E-state index is -4.88. The fraction of sp³-hybridized carbons (Fsp3) is 0.500. The number of halogens is 5. The average Bonchev–Trinajstić information content (AvgIpc) is 3.11. The maximum atomic E-state index is 14.5. The Morgan fingerprint density at radius 3 is 2.51 bits per heavy atom. The van der Waals surface area contributed by atoms with Crippen LogP contribution >= 0.6 is 0 Å². The normalized spacial score (nSPS) is 27.6. The third-order valence-corrected chi connectivity index (χ3v) is 8.19. The number of methoxy groups -OCH3 is 1. The molecule has 2 aromatic rings. The summed E-state index contributed by atoms with van der Waals surface area (Å²) in [7, 11) is 1.05. The molecule has 3 fully saturated rings. The molecule has 4 heterocycles. The van der Waals surface area contributed by atoms with Crippen molar-refractivity contribution in [3.63, 3.8) is 0 Å². The van der Waals surface area contributed by atoms with E-state index in [0.717, 1.165) is 39.1 Å². The molecule has 0 saturated carbocycles. The number of nitrogens with zero attached hydrogens (tertiary/aromatic N) is 2. The van der Waals surface area contributed by atoms with E-state index in [-0.39, 0.29) is 28.4 Å². The lowest BCUT2D eigenvalue weighted by Crippen LogP contribution is -2.76. The molecule has 1 aromatic carbocycles. The lowest BCUT2D eigenvalue weighted by molar-refractivity contribution is -0.272. The largest absolute Gasteiger partial charge is 0.493 e. The molecule has 1 spiro atoms. The smallest absolute Gasteiger partial charge is 0.417 e. The fourth-order valence-electron chi connectivity index (χ4n) is 5.62. The topological polar surface area (TPSA) is 92.8 Å². The number of pyridine rings is 1. The molecule has 0 aliphatic carbocycles. The number of aromatic nitrogens is 1. The summed E-state index contributed by atoms with van der Waals surface area (Å²) in [5.41, 5.74) is -2.79. The van der Waals surface area contributed by atoms with Crippen molar-refractivity contribution in [1.82, 2.24) is 15.2 Å². The van der Waals surface area contributed by atoms with Crippen molar-refractivity contribution in [2.45, 2.75) is 49.6 Å². The second-order valence-corrected chi connectivity index (χ2v) is 10.5. The number of hydrogen-bond donors (Lipinski definition) is 2. The monoisotopic (exact) mass is 554 g/mol. The van der Waals surface area contributed by atoms with Gasteiger partial charge in [-0.1, -0.05) is 13.0 Å². The fourth-order valence-corrected chi connectivity index (χ4v) is 5.62. The van der Waals surface area contributed by atoms with E-state index in [0.29, 0.717) is 13.1 Å². The predicted octanol–water partition coefficient (Wildman–Crippen LogP) is 3.63. The molecule has 3 saturated heterocycles. The van der Waals surface area contributed by atoms with Crippen LogP contribution in [0.5, 0.6) is 5.75 Å². The highest BCUT2D eigenvalue weighted by atomic mass is 19.4. The van der Waals surface area contributed by atoms with E-state index in [2.05, 4.69) is 15.6 Å². The Bertz CT molecular complexity index is 1310. The summed E-state index contributed by atoms with van der Waals surface area (Å²) >= 11 is 0. The molecule has 3 aliphatic heterocycles. The first-order chi connectivity index (χ1) is 18.3. The molecule has 4 atom stereocenters. The maximum absolute atomic E-state index is 14.5. The van der Waals surface area contributed by atoms with Gasteiger partial charge in [0.15, 0.2) is 17.2 Å². The van der Waals surface area contributed by atoms with Gasteiger partial charge in [-0.15, -0.1) is 0 Å².